The van der Waals surface area contributed by atoms with Crippen LogP contribution in [0.15, 0.2) is 0 Å². The highest BCUT2D eigenvalue weighted by Crippen LogP contribution is 2.14. The molecule has 3 nitrogen and oxygen atoms in total. The fraction of sp³-hybridized carbons (Fsp3) is 1.00. The van der Waals surface area contributed by atoms with Crippen molar-refractivity contribution in [2.75, 3.05) is 62.0 Å². The Labute approximate surface area is 292 Å². The Hall–Kier alpha value is 0.360. The zero-order chi connectivity index (χ0) is 32.9. The van der Waals surface area contributed by atoms with Gasteiger partial charge in [0, 0.05) is 0 Å². The number of unbranched alkanes of at least 4 members (excludes halogenated alkanes) is 26. The van der Waals surface area contributed by atoms with Gasteiger partial charge in [-0.25, -0.2) is 0 Å². The van der Waals surface area contributed by atoms with Crippen molar-refractivity contribution in [2.45, 2.75) is 201 Å². The zero-order valence-corrected chi connectivity index (χ0v) is 34.2. The van der Waals surface area contributed by atoms with Gasteiger partial charge < -0.3 is 31.1 Å². The lowest BCUT2D eigenvalue weighted by atomic mass is 10.0. The zero-order valence-electron chi connectivity index (χ0n) is 32.6. The molecule has 4 heteroatoms. The monoisotopic (exact) mass is 693 g/mol. The van der Waals surface area contributed by atoms with Crippen molar-refractivity contribution < 1.29 is 31.1 Å². The van der Waals surface area contributed by atoms with E-state index in [1.807, 2.05) is 0 Å². The van der Waals surface area contributed by atoms with Gasteiger partial charge in [-0.1, -0.05) is 175 Å². The summed E-state index contributed by atoms with van der Waals surface area (Å²) in [5.74, 6) is 0. The number of nitrogens with zero attached hydrogens (tertiary/aromatic N) is 2. The molecule has 0 N–H and O–H groups in total. The van der Waals surface area contributed by atoms with Crippen molar-refractivity contribution >= 4 is 0 Å². The third-order valence-corrected chi connectivity index (χ3v) is 8.36. The van der Waals surface area contributed by atoms with E-state index < -0.39 is 0 Å². The first-order valence-corrected chi connectivity index (χ1v) is 19.7. The molecular weight excluding hydrogens is 604 g/mol. The average molecular weight is 694 g/mol. The van der Waals surface area contributed by atoms with Crippen LogP contribution >= 0.6 is 0 Å². The largest absolute Gasteiger partial charge is 1.00 e. The Balaban J connectivity index is -0.000000326. The Kier molecular flexibility index (Phi) is 48.2. The number of halogens is 1. The lowest BCUT2D eigenvalue weighted by molar-refractivity contribution is -0.870. The summed E-state index contributed by atoms with van der Waals surface area (Å²) in [5.41, 5.74) is 0. The van der Waals surface area contributed by atoms with Gasteiger partial charge in [0.15, 0.2) is 0 Å². The van der Waals surface area contributed by atoms with E-state index >= 15 is 0 Å². The lowest BCUT2D eigenvalue weighted by Crippen LogP contribution is -3.00. The molecule has 0 aromatic rings. The summed E-state index contributed by atoms with van der Waals surface area (Å²) in [5, 5.41) is 8.93. The van der Waals surface area contributed by atoms with E-state index in [1.165, 1.54) is 193 Å². The summed E-state index contributed by atoms with van der Waals surface area (Å²) in [6.45, 7) is 8.82. The molecule has 272 valence electrons. The maximum absolute atomic E-state index is 8.93. The Morgan fingerprint density at radius 3 is 0.568 bits per heavy atom. The molecule has 0 aliphatic carbocycles. The molecule has 0 atom stereocenters. The second-order valence-electron chi connectivity index (χ2n) is 15.5. The molecule has 0 amide bonds. The van der Waals surface area contributed by atoms with E-state index in [-0.39, 0.29) is 23.6 Å². The lowest BCUT2D eigenvalue weighted by Gasteiger charge is -2.23. The van der Waals surface area contributed by atoms with Crippen LogP contribution in [0.4, 0.5) is 0 Å². The molecule has 0 saturated heterocycles. The van der Waals surface area contributed by atoms with Gasteiger partial charge in [0.2, 0.25) is 0 Å². The first kappa shape index (κ1) is 51.2. The first-order chi connectivity index (χ1) is 20.5. The van der Waals surface area contributed by atoms with Gasteiger partial charge in [0.05, 0.1) is 55.4 Å². The third kappa shape index (κ3) is 61.4. The second kappa shape index (κ2) is 41.4. The molecule has 0 spiro atoms. The average Bonchev–Trinajstić information content (AvgIpc) is 2.93. The molecular formula is C40H89BrN2O. The molecule has 0 unspecified atom stereocenters. The molecule has 0 radical (unpaired) electrons. The van der Waals surface area contributed by atoms with Gasteiger partial charge in [0.1, 0.15) is 0 Å². The van der Waals surface area contributed by atoms with Gasteiger partial charge in [-0.2, -0.15) is 0 Å². The maximum Gasteiger partial charge on any atom is 0.0780 e. The van der Waals surface area contributed by atoms with Crippen molar-refractivity contribution in [3.63, 3.8) is 0 Å². The molecule has 44 heavy (non-hydrogen) atoms. The minimum atomic E-state index is 0. The predicted molar refractivity (Wildman–Crippen MR) is 197 cm³/mol. The summed E-state index contributed by atoms with van der Waals surface area (Å²) in [7, 11) is 13.8. The van der Waals surface area contributed by atoms with Gasteiger partial charge in [-0.05, 0) is 25.7 Å². The maximum atomic E-state index is 8.93. The Bertz CT molecular complexity index is 431. The van der Waals surface area contributed by atoms with E-state index in [1.54, 1.807) is 6.92 Å². The quantitative estimate of drug-likeness (QED) is 0.0546. The summed E-state index contributed by atoms with van der Waals surface area (Å²) in [6, 6.07) is 0. The van der Waals surface area contributed by atoms with E-state index in [2.05, 4.69) is 56.1 Å². The van der Waals surface area contributed by atoms with Gasteiger partial charge in [-0.15, -0.1) is 6.61 Å². The van der Waals surface area contributed by atoms with E-state index in [0.29, 0.717) is 0 Å². The number of hydrogen-bond donors (Lipinski definition) is 0. The molecule has 0 aromatic carbocycles. The molecule has 0 aliphatic heterocycles. The number of rotatable bonds is 30. The van der Waals surface area contributed by atoms with E-state index in [9.17, 15) is 0 Å². The molecule has 0 heterocycles. The van der Waals surface area contributed by atoms with Crippen molar-refractivity contribution in [1.29, 1.82) is 0 Å². The topological polar surface area (TPSA) is 23.1 Å². The summed E-state index contributed by atoms with van der Waals surface area (Å²) in [6.07, 6.45) is 40.7. The van der Waals surface area contributed by atoms with Crippen molar-refractivity contribution in [3.05, 3.63) is 0 Å². The number of hydrogen-bond acceptors (Lipinski definition) is 1. The minimum absolute atomic E-state index is 0. The molecule has 0 fully saturated rings. The highest BCUT2D eigenvalue weighted by atomic mass is 79.9. The highest BCUT2D eigenvalue weighted by molar-refractivity contribution is 4.50. The minimum Gasteiger partial charge on any atom is -1.00 e. The molecule has 0 rings (SSSR count). The van der Waals surface area contributed by atoms with Gasteiger partial charge >= 0.3 is 0 Å². The van der Waals surface area contributed by atoms with E-state index in [0.717, 1.165) is 8.97 Å². The normalized spacial score (nSPS) is 11.3. The third-order valence-electron chi connectivity index (χ3n) is 8.36. The van der Waals surface area contributed by atoms with Crippen LogP contribution in [0.3, 0.4) is 0 Å². The second-order valence-corrected chi connectivity index (χ2v) is 15.5. The molecule has 0 aliphatic rings. The van der Waals surface area contributed by atoms with Crippen molar-refractivity contribution in [3.8, 4) is 0 Å². The fourth-order valence-electron chi connectivity index (χ4n) is 5.56. The standard InChI is InChI=1S/2C19H42N.C2H5O.BrH/c2*1-5-6-7-8-9-10-11-12-13-14-15-16-17-18-19-20(2,3)4;1-2-3;/h2*5-19H2,1-4H3;2H2,1H3;1H/q2*+1;-1;/p-1. The van der Waals surface area contributed by atoms with E-state index in [4.69, 9.17) is 5.11 Å². The SMILES string of the molecule is CCCCCCCCCCCCCCCC[N+](C)(C)C.CCCCCCCCCCCCCCCC[N+](C)(C)C.CC[O-].[Br-]. The Morgan fingerprint density at radius 2 is 0.432 bits per heavy atom. The van der Waals surface area contributed by atoms with Crippen LogP contribution in [0.5, 0.6) is 0 Å². The van der Waals surface area contributed by atoms with Crippen LogP contribution in [0.1, 0.15) is 201 Å². The summed E-state index contributed by atoms with van der Waals surface area (Å²) >= 11 is 0. The van der Waals surface area contributed by atoms with Gasteiger partial charge in [0.25, 0.3) is 0 Å². The summed E-state index contributed by atoms with van der Waals surface area (Å²) < 4.78 is 2.25. The smallest absolute Gasteiger partial charge is 0.0780 e. The first-order valence-electron chi connectivity index (χ1n) is 19.7. The van der Waals surface area contributed by atoms with Crippen molar-refractivity contribution in [1.82, 2.24) is 0 Å². The Morgan fingerprint density at radius 1 is 0.295 bits per heavy atom. The molecule has 0 bridgehead atoms. The van der Waals surface area contributed by atoms with Crippen LogP contribution in [0.2, 0.25) is 0 Å². The van der Waals surface area contributed by atoms with Crippen LogP contribution in [0.25, 0.3) is 0 Å². The molecule has 0 saturated carbocycles. The fourth-order valence-corrected chi connectivity index (χ4v) is 5.56. The molecule has 0 aromatic heterocycles. The predicted octanol–water partition coefficient (Wildman–Crippen LogP) is 8.72. The van der Waals surface area contributed by atoms with Gasteiger partial charge in [-0.3, -0.25) is 0 Å². The number of quaternary nitrogens is 2. The van der Waals surface area contributed by atoms with Crippen LogP contribution in [-0.2, 0) is 0 Å². The van der Waals surface area contributed by atoms with Crippen molar-refractivity contribution in [2.24, 2.45) is 0 Å². The van der Waals surface area contributed by atoms with Crippen LogP contribution in [-0.4, -0.2) is 70.9 Å². The van der Waals surface area contributed by atoms with Crippen LogP contribution in [0, 0.1) is 0 Å². The highest BCUT2D eigenvalue weighted by Gasteiger charge is 2.06. The van der Waals surface area contributed by atoms with Crippen LogP contribution < -0.4 is 22.1 Å². The summed E-state index contributed by atoms with van der Waals surface area (Å²) in [4.78, 5) is 0.